The number of aromatic nitrogens is 2. The molecular formula is C18H15FN2O2. The normalized spacial score (nSPS) is 10.5. The number of halogens is 1. The lowest BCUT2D eigenvalue weighted by molar-refractivity contribution is 0.291. The van der Waals surface area contributed by atoms with E-state index >= 15 is 0 Å². The van der Waals surface area contributed by atoms with E-state index in [0.717, 1.165) is 5.56 Å². The lowest BCUT2D eigenvalue weighted by atomic mass is 10.2. The van der Waals surface area contributed by atoms with E-state index in [1.54, 1.807) is 12.1 Å². The van der Waals surface area contributed by atoms with Crippen molar-refractivity contribution in [3.8, 4) is 5.88 Å². The Morgan fingerprint density at radius 1 is 1.00 bits per heavy atom. The van der Waals surface area contributed by atoms with E-state index in [4.69, 9.17) is 4.74 Å². The van der Waals surface area contributed by atoms with Crippen molar-refractivity contribution < 1.29 is 9.13 Å². The van der Waals surface area contributed by atoms with Gasteiger partial charge in [0.05, 0.1) is 12.6 Å². The Morgan fingerprint density at radius 3 is 2.52 bits per heavy atom. The fourth-order valence-corrected chi connectivity index (χ4v) is 2.17. The minimum Gasteiger partial charge on any atom is -0.473 e. The fourth-order valence-electron chi connectivity index (χ4n) is 2.17. The van der Waals surface area contributed by atoms with Crippen LogP contribution in [-0.2, 0) is 13.2 Å². The molecule has 5 heteroatoms. The van der Waals surface area contributed by atoms with Gasteiger partial charge in [0.15, 0.2) is 0 Å². The molecular weight excluding hydrogens is 295 g/mol. The fraction of sp³-hybridized carbons (Fsp3) is 0.111. The van der Waals surface area contributed by atoms with Crippen LogP contribution in [0.2, 0.25) is 0 Å². The molecule has 0 N–H and O–H groups in total. The monoisotopic (exact) mass is 310 g/mol. The minimum atomic E-state index is -0.327. The van der Waals surface area contributed by atoms with Gasteiger partial charge in [0.1, 0.15) is 18.8 Å². The lowest BCUT2D eigenvalue weighted by Crippen LogP contribution is -2.20. The Balaban J connectivity index is 1.69. The second kappa shape index (κ2) is 6.87. The molecule has 0 amide bonds. The number of ether oxygens (including phenoxy) is 1. The molecule has 0 unspecified atom stereocenters. The summed E-state index contributed by atoms with van der Waals surface area (Å²) in [5, 5.41) is 0. The van der Waals surface area contributed by atoms with Crippen molar-refractivity contribution in [2.45, 2.75) is 13.2 Å². The van der Waals surface area contributed by atoms with E-state index in [-0.39, 0.29) is 23.8 Å². The van der Waals surface area contributed by atoms with E-state index in [1.807, 2.05) is 30.3 Å². The van der Waals surface area contributed by atoms with E-state index in [1.165, 1.54) is 29.1 Å². The van der Waals surface area contributed by atoms with Gasteiger partial charge in [0, 0.05) is 0 Å². The molecule has 0 bridgehead atoms. The van der Waals surface area contributed by atoms with Gasteiger partial charge in [0.25, 0.3) is 5.56 Å². The molecule has 23 heavy (non-hydrogen) atoms. The third-order valence-electron chi connectivity index (χ3n) is 3.33. The Labute approximate surface area is 132 Å². The van der Waals surface area contributed by atoms with E-state index in [9.17, 15) is 9.18 Å². The molecule has 0 aliphatic heterocycles. The first-order valence-electron chi connectivity index (χ1n) is 7.18. The van der Waals surface area contributed by atoms with Crippen LogP contribution in [0.5, 0.6) is 5.88 Å². The third-order valence-corrected chi connectivity index (χ3v) is 3.33. The molecule has 0 saturated carbocycles. The minimum absolute atomic E-state index is 0.243. The van der Waals surface area contributed by atoms with Crippen LogP contribution in [0, 0.1) is 5.82 Å². The molecule has 0 radical (unpaired) electrons. The summed E-state index contributed by atoms with van der Waals surface area (Å²) in [6, 6.07) is 17.1. The molecule has 0 spiro atoms. The predicted octanol–water partition coefficient (Wildman–Crippen LogP) is 3.01. The van der Waals surface area contributed by atoms with Crippen molar-refractivity contribution in [3.05, 3.63) is 94.3 Å². The molecule has 116 valence electrons. The van der Waals surface area contributed by atoms with Crippen LogP contribution in [0.3, 0.4) is 0 Å². The average molecular weight is 310 g/mol. The van der Waals surface area contributed by atoms with E-state index in [2.05, 4.69) is 4.98 Å². The van der Waals surface area contributed by atoms with Crippen molar-refractivity contribution in [2.75, 3.05) is 0 Å². The van der Waals surface area contributed by atoms with Gasteiger partial charge in [-0.3, -0.25) is 9.36 Å². The summed E-state index contributed by atoms with van der Waals surface area (Å²) < 4.78 is 20.1. The average Bonchev–Trinajstić information content (AvgIpc) is 2.56. The highest BCUT2D eigenvalue weighted by Crippen LogP contribution is 2.08. The molecule has 4 nitrogen and oxygen atoms in total. The van der Waals surface area contributed by atoms with E-state index < -0.39 is 0 Å². The second-order valence-electron chi connectivity index (χ2n) is 5.10. The molecule has 0 saturated heterocycles. The molecule has 0 fully saturated rings. The summed E-state index contributed by atoms with van der Waals surface area (Å²) in [6.07, 6.45) is 1.41. The zero-order valence-electron chi connectivity index (χ0n) is 12.4. The molecule has 3 aromatic rings. The number of benzene rings is 2. The highest BCUT2D eigenvalue weighted by molar-refractivity contribution is 5.18. The highest BCUT2D eigenvalue weighted by atomic mass is 19.1. The van der Waals surface area contributed by atoms with Gasteiger partial charge >= 0.3 is 0 Å². The van der Waals surface area contributed by atoms with Gasteiger partial charge in [-0.1, -0.05) is 42.5 Å². The Kier molecular flexibility index (Phi) is 4.47. The largest absolute Gasteiger partial charge is 0.473 e. The van der Waals surface area contributed by atoms with Gasteiger partial charge in [0.2, 0.25) is 5.88 Å². The summed E-state index contributed by atoms with van der Waals surface area (Å²) in [7, 11) is 0. The predicted molar refractivity (Wildman–Crippen MR) is 84.8 cm³/mol. The van der Waals surface area contributed by atoms with Gasteiger partial charge in [-0.25, -0.2) is 9.37 Å². The summed E-state index contributed by atoms with van der Waals surface area (Å²) in [6.45, 7) is 0.615. The maximum absolute atomic E-state index is 13.2. The van der Waals surface area contributed by atoms with Gasteiger partial charge in [-0.15, -0.1) is 0 Å². The number of rotatable bonds is 5. The maximum Gasteiger partial charge on any atom is 0.257 e. The summed E-state index contributed by atoms with van der Waals surface area (Å²) in [4.78, 5) is 16.2. The van der Waals surface area contributed by atoms with Crippen LogP contribution in [0.25, 0.3) is 0 Å². The summed E-state index contributed by atoms with van der Waals surface area (Å²) in [5.41, 5.74) is 1.46. The first-order chi connectivity index (χ1) is 11.2. The SMILES string of the molecule is O=c1cc(OCc2ccccc2)ncn1Cc1cccc(F)c1. The van der Waals surface area contributed by atoms with Crippen LogP contribution in [-0.4, -0.2) is 9.55 Å². The molecule has 2 aromatic carbocycles. The molecule has 3 rings (SSSR count). The van der Waals surface area contributed by atoms with Gasteiger partial charge < -0.3 is 4.74 Å². The Hall–Kier alpha value is -2.95. The van der Waals surface area contributed by atoms with Gasteiger partial charge in [-0.05, 0) is 23.3 Å². The number of nitrogens with zero attached hydrogens (tertiary/aromatic N) is 2. The smallest absolute Gasteiger partial charge is 0.257 e. The first-order valence-corrected chi connectivity index (χ1v) is 7.18. The number of hydrogen-bond donors (Lipinski definition) is 0. The number of hydrogen-bond acceptors (Lipinski definition) is 3. The molecule has 0 aliphatic carbocycles. The van der Waals surface area contributed by atoms with Crippen LogP contribution in [0.4, 0.5) is 4.39 Å². The van der Waals surface area contributed by atoms with Crippen LogP contribution >= 0.6 is 0 Å². The van der Waals surface area contributed by atoms with Crippen molar-refractivity contribution in [1.29, 1.82) is 0 Å². The van der Waals surface area contributed by atoms with Crippen LogP contribution < -0.4 is 10.3 Å². The molecule has 0 aliphatic rings. The molecule has 0 atom stereocenters. The Bertz CT molecular complexity index is 847. The summed E-state index contributed by atoms with van der Waals surface area (Å²) >= 11 is 0. The third kappa shape index (κ3) is 4.03. The highest BCUT2D eigenvalue weighted by Gasteiger charge is 2.03. The molecule has 1 aromatic heterocycles. The standard InChI is InChI=1S/C18H15FN2O2/c19-16-8-4-7-15(9-16)11-21-13-20-17(10-18(21)22)23-12-14-5-2-1-3-6-14/h1-10,13H,11-12H2. The van der Waals surface area contributed by atoms with Crippen LogP contribution in [0.1, 0.15) is 11.1 Å². The van der Waals surface area contributed by atoms with Crippen molar-refractivity contribution in [2.24, 2.45) is 0 Å². The summed E-state index contributed by atoms with van der Waals surface area (Å²) in [5.74, 6) is -0.0549. The van der Waals surface area contributed by atoms with Crippen molar-refractivity contribution in [3.63, 3.8) is 0 Å². The Morgan fingerprint density at radius 2 is 1.78 bits per heavy atom. The van der Waals surface area contributed by atoms with E-state index in [0.29, 0.717) is 12.2 Å². The zero-order chi connectivity index (χ0) is 16.1. The zero-order valence-corrected chi connectivity index (χ0v) is 12.4. The first kappa shape index (κ1) is 15.0. The van der Waals surface area contributed by atoms with Gasteiger partial charge in [-0.2, -0.15) is 0 Å². The molecule has 1 heterocycles. The van der Waals surface area contributed by atoms with Crippen molar-refractivity contribution in [1.82, 2.24) is 9.55 Å². The second-order valence-corrected chi connectivity index (χ2v) is 5.10. The van der Waals surface area contributed by atoms with Crippen molar-refractivity contribution >= 4 is 0 Å². The quantitative estimate of drug-likeness (QED) is 0.727. The topological polar surface area (TPSA) is 44.1 Å². The lowest BCUT2D eigenvalue weighted by Gasteiger charge is -2.08. The maximum atomic E-state index is 13.2. The van der Waals surface area contributed by atoms with Crippen LogP contribution in [0.15, 0.2) is 71.8 Å².